The number of anilines is 1. The predicted molar refractivity (Wildman–Crippen MR) is 84.7 cm³/mol. The number of aryl methyl sites for hydroxylation is 2. The fourth-order valence-corrected chi connectivity index (χ4v) is 3.54. The van der Waals surface area contributed by atoms with Crippen molar-refractivity contribution in [1.29, 1.82) is 0 Å². The highest BCUT2D eigenvalue weighted by Crippen LogP contribution is 2.32. The number of alkyl halides is 2. The minimum absolute atomic E-state index is 0.259. The summed E-state index contributed by atoms with van der Waals surface area (Å²) < 4.78 is 25.0. The van der Waals surface area contributed by atoms with Gasteiger partial charge in [0.25, 0.3) is 11.7 Å². The Morgan fingerprint density at radius 1 is 1.38 bits per heavy atom. The fraction of sp³-hybridized carbons (Fsp3) is 0.267. The first kappa shape index (κ1) is 16.0. The van der Waals surface area contributed by atoms with Crippen molar-refractivity contribution < 1.29 is 13.6 Å². The van der Waals surface area contributed by atoms with Gasteiger partial charge >= 0.3 is 0 Å². The van der Waals surface area contributed by atoms with Gasteiger partial charge in [0.1, 0.15) is 0 Å². The zero-order valence-corrected chi connectivity index (χ0v) is 13.3. The van der Waals surface area contributed by atoms with Crippen molar-refractivity contribution in [3.8, 4) is 0 Å². The van der Waals surface area contributed by atoms with E-state index in [-0.39, 0.29) is 5.91 Å². The number of nitrogens with one attached hydrogen (secondary N) is 1. The Hall–Kier alpha value is -1.40. The van der Waals surface area contributed by atoms with Crippen molar-refractivity contribution in [2.45, 2.75) is 30.9 Å². The number of amides is 1. The lowest BCUT2D eigenvalue weighted by Gasteiger charge is -2.09. The lowest BCUT2D eigenvalue weighted by Crippen LogP contribution is -2.11. The number of carbonyl (C=O) groups is 1. The molecule has 0 aliphatic rings. The van der Waals surface area contributed by atoms with Gasteiger partial charge in [-0.2, -0.15) is 8.78 Å². The molecule has 0 bridgehead atoms. The van der Waals surface area contributed by atoms with E-state index in [1.807, 2.05) is 19.9 Å². The Balaban J connectivity index is 2.19. The summed E-state index contributed by atoms with van der Waals surface area (Å²) in [7, 11) is 0. The fourth-order valence-electron chi connectivity index (χ4n) is 1.94. The van der Waals surface area contributed by atoms with Crippen molar-refractivity contribution in [1.82, 2.24) is 0 Å². The van der Waals surface area contributed by atoms with Crippen molar-refractivity contribution >= 4 is 34.7 Å². The number of benzene rings is 1. The van der Waals surface area contributed by atoms with Gasteiger partial charge in [-0.25, -0.2) is 0 Å². The van der Waals surface area contributed by atoms with Gasteiger partial charge in [0.05, 0.1) is 10.6 Å². The Kier molecular flexibility index (Phi) is 5.36. The molecule has 1 aromatic heterocycles. The summed E-state index contributed by atoms with van der Waals surface area (Å²) in [4.78, 5) is 14.4. The molecule has 0 atom stereocenters. The molecular formula is C15H15F2NOS2. The molecule has 0 radical (unpaired) electrons. The molecule has 0 unspecified atom stereocenters. The van der Waals surface area contributed by atoms with Gasteiger partial charge in [0, 0.05) is 9.77 Å². The van der Waals surface area contributed by atoms with Crippen molar-refractivity contribution in [2.75, 3.05) is 5.32 Å². The Labute approximate surface area is 130 Å². The van der Waals surface area contributed by atoms with Crippen LogP contribution >= 0.6 is 23.1 Å². The van der Waals surface area contributed by atoms with E-state index in [2.05, 4.69) is 5.32 Å². The molecule has 6 heteroatoms. The van der Waals surface area contributed by atoms with E-state index in [0.717, 1.165) is 16.9 Å². The van der Waals surface area contributed by atoms with E-state index in [9.17, 15) is 13.6 Å². The summed E-state index contributed by atoms with van der Waals surface area (Å²) in [6.07, 6.45) is 0.877. The molecule has 0 saturated carbocycles. The Bertz CT molecular complexity index is 640. The van der Waals surface area contributed by atoms with Crippen LogP contribution in [0.1, 0.15) is 27.0 Å². The van der Waals surface area contributed by atoms with Crippen LogP contribution in [0.15, 0.2) is 35.2 Å². The van der Waals surface area contributed by atoms with Crippen LogP contribution in [0.4, 0.5) is 14.5 Å². The summed E-state index contributed by atoms with van der Waals surface area (Å²) in [5.74, 6) is -2.77. The molecule has 2 rings (SSSR count). The van der Waals surface area contributed by atoms with E-state index in [1.54, 1.807) is 24.3 Å². The second kappa shape index (κ2) is 7.04. The molecule has 1 N–H and O–H groups in total. The highest BCUT2D eigenvalue weighted by atomic mass is 32.2. The molecule has 0 fully saturated rings. The van der Waals surface area contributed by atoms with Crippen LogP contribution in [0, 0.1) is 6.92 Å². The van der Waals surface area contributed by atoms with E-state index in [4.69, 9.17) is 0 Å². The highest BCUT2D eigenvalue weighted by Gasteiger charge is 2.15. The van der Waals surface area contributed by atoms with Crippen LogP contribution in [0.3, 0.4) is 0 Å². The topological polar surface area (TPSA) is 29.1 Å². The number of hydrogen-bond donors (Lipinski definition) is 1. The molecule has 1 amide bonds. The predicted octanol–water partition coefficient (Wildman–Crippen LogP) is 5.19. The zero-order chi connectivity index (χ0) is 15.4. The summed E-state index contributed by atoms with van der Waals surface area (Å²) in [5.41, 5.74) is 1.50. The van der Waals surface area contributed by atoms with E-state index < -0.39 is 5.76 Å². The molecule has 0 spiro atoms. The molecule has 0 aliphatic carbocycles. The maximum Gasteiger partial charge on any atom is 0.288 e. The lowest BCUT2D eigenvalue weighted by molar-refractivity contribution is 0.103. The van der Waals surface area contributed by atoms with Crippen molar-refractivity contribution in [2.24, 2.45) is 0 Å². The van der Waals surface area contributed by atoms with Crippen LogP contribution in [-0.4, -0.2) is 11.7 Å². The average molecular weight is 327 g/mol. The molecule has 0 aliphatic heterocycles. The van der Waals surface area contributed by atoms with Crippen LogP contribution in [-0.2, 0) is 6.42 Å². The number of thioether (sulfide) groups is 1. The number of hydrogen-bond acceptors (Lipinski definition) is 3. The van der Waals surface area contributed by atoms with Gasteiger partial charge in [-0.15, -0.1) is 11.3 Å². The van der Waals surface area contributed by atoms with Crippen molar-refractivity contribution in [3.63, 3.8) is 0 Å². The van der Waals surface area contributed by atoms with Crippen LogP contribution in [0.25, 0.3) is 0 Å². The lowest BCUT2D eigenvalue weighted by atomic mass is 10.2. The molecule has 1 aromatic carbocycles. The number of halogens is 2. The summed E-state index contributed by atoms with van der Waals surface area (Å²) >= 11 is 1.87. The number of carbonyl (C=O) groups excluding carboxylic acids is 1. The molecule has 1 heterocycles. The Morgan fingerprint density at radius 2 is 2.10 bits per heavy atom. The van der Waals surface area contributed by atoms with Gasteiger partial charge in [0.15, 0.2) is 0 Å². The standard InChI is InChI=1S/C15H15F2NOS2/c1-3-11-9(2)8-13(20-11)14(19)18-10-6-4-5-7-12(10)21-15(16)17/h4-8,15H,3H2,1-2H3,(H,18,19). The number of rotatable bonds is 5. The largest absolute Gasteiger partial charge is 0.320 e. The normalized spacial score (nSPS) is 10.9. The van der Waals surface area contributed by atoms with Gasteiger partial charge in [-0.3, -0.25) is 4.79 Å². The van der Waals surface area contributed by atoms with Gasteiger partial charge in [0.2, 0.25) is 0 Å². The molecule has 2 nitrogen and oxygen atoms in total. The van der Waals surface area contributed by atoms with E-state index >= 15 is 0 Å². The van der Waals surface area contributed by atoms with E-state index in [1.165, 1.54) is 11.3 Å². The second-order valence-electron chi connectivity index (χ2n) is 4.40. The summed E-state index contributed by atoms with van der Waals surface area (Å²) in [6, 6.07) is 8.42. The number of para-hydroxylation sites is 1. The van der Waals surface area contributed by atoms with Gasteiger partial charge in [-0.05, 0) is 37.1 Å². The second-order valence-corrected chi connectivity index (χ2v) is 6.57. The van der Waals surface area contributed by atoms with Gasteiger partial charge < -0.3 is 5.32 Å². The zero-order valence-electron chi connectivity index (χ0n) is 11.7. The van der Waals surface area contributed by atoms with Crippen LogP contribution in [0.5, 0.6) is 0 Å². The van der Waals surface area contributed by atoms with E-state index in [0.29, 0.717) is 27.2 Å². The maximum atomic E-state index is 12.5. The summed E-state index contributed by atoms with van der Waals surface area (Å²) in [6.45, 7) is 4.00. The SMILES string of the molecule is CCc1sc(C(=O)Nc2ccccc2SC(F)F)cc1C. The molecule has 2 aromatic rings. The smallest absolute Gasteiger partial charge is 0.288 e. The highest BCUT2D eigenvalue weighted by molar-refractivity contribution is 7.99. The molecule has 112 valence electrons. The van der Waals surface area contributed by atoms with Gasteiger partial charge in [-0.1, -0.05) is 30.8 Å². The average Bonchev–Trinajstić information content (AvgIpc) is 2.81. The minimum Gasteiger partial charge on any atom is -0.320 e. The third-order valence-electron chi connectivity index (χ3n) is 2.92. The molecule has 21 heavy (non-hydrogen) atoms. The first-order valence-corrected chi connectivity index (χ1v) is 8.15. The molecular weight excluding hydrogens is 312 g/mol. The van der Waals surface area contributed by atoms with Crippen LogP contribution < -0.4 is 5.32 Å². The quantitative estimate of drug-likeness (QED) is 0.766. The maximum absolute atomic E-state index is 12.5. The minimum atomic E-state index is -2.52. The number of thiophene rings is 1. The van der Waals surface area contributed by atoms with Crippen molar-refractivity contribution in [3.05, 3.63) is 45.6 Å². The first-order chi connectivity index (χ1) is 10.0. The summed E-state index contributed by atoms with van der Waals surface area (Å²) in [5, 5.41) is 2.71. The monoisotopic (exact) mass is 327 g/mol. The molecule has 0 saturated heterocycles. The third-order valence-corrected chi connectivity index (χ3v) is 5.09. The first-order valence-electron chi connectivity index (χ1n) is 6.45. The Morgan fingerprint density at radius 3 is 2.71 bits per heavy atom. The third kappa shape index (κ3) is 4.04. The van der Waals surface area contributed by atoms with Crippen LogP contribution in [0.2, 0.25) is 0 Å².